The summed E-state index contributed by atoms with van der Waals surface area (Å²) in [6.45, 7) is 1.45. The second-order valence-corrected chi connectivity index (χ2v) is 7.58. The van der Waals surface area contributed by atoms with E-state index in [0.29, 0.717) is 18.2 Å². The van der Waals surface area contributed by atoms with Gasteiger partial charge in [-0.05, 0) is 56.4 Å². The molecular formula is C18H21BrN4O2. The van der Waals surface area contributed by atoms with Gasteiger partial charge < -0.3 is 10.1 Å². The van der Waals surface area contributed by atoms with Crippen molar-refractivity contribution < 1.29 is 9.53 Å². The van der Waals surface area contributed by atoms with Crippen LogP contribution in [0.25, 0.3) is 5.69 Å². The number of ether oxygens (including phenoxy) is 1. The van der Waals surface area contributed by atoms with E-state index in [0.717, 1.165) is 54.6 Å². The van der Waals surface area contributed by atoms with Gasteiger partial charge >= 0.3 is 0 Å². The van der Waals surface area contributed by atoms with Crippen LogP contribution in [-0.2, 0) is 4.74 Å². The lowest BCUT2D eigenvalue weighted by atomic mass is 10.1. The van der Waals surface area contributed by atoms with Gasteiger partial charge in [0.1, 0.15) is 0 Å². The van der Waals surface area contributed by atoms with E-state index in [4.69, 9.17) is 4.74 Å². The summed E-state index contributed by atoms with van der Waals surface area (Å²) in [5.41, 5.74) is 2.31. The number of amides is 1. The fourth-order valence-corrected chi connectivity index (χ4v) is 3.51. The van der Waals surface area contributed by atoms with Gasteiger partial charge in [0, 0.05) is 23.5 Å². The lowest BCUT2D eigenvalue weighted by molar-refractivity contribution is 0.0902. The van der Waals surface area contributed by atoms with Crippen molar-refractivity contribution >= 4 is 21.8 Å². The van der Waals surface area contributed by atoms with Gasteiger partial charge in [-0.15, -0.1) is 5.10 Å². The van der Waals surface area contributed by atoms with Gasteiger partial charge in [-0.2, -0.15) is 0 Å². The average Bonchev–Trinajstić information content (AvgIpc) is 3.14. The van der Waals surface area contributed by atoms with E-state index in [1.807, 2.05) is 24.3 Å². The second kappa shape index (κ2) is 7.25. The van der Waals surface area contributed by atoms with Gasteiger partial charge in [0.25, 0.3) is 5.91 Å². The van der Waals surface area contributed by atoms with E-state index >= 15 is 0 Å². The number of aromatic nitrogens is 3. The molecule has 1 saturated heterocycles. The quantitative estimate of drug-likeness (QED) is 0.802. The van der Waals surface area contributed by atoms with Crippen LogP contribution in [0.15, 0.2) is 28.7 Å². The third-order valence-electron chi connectivity index (χ3n) is 4.73. The molecule has 1 saturated carbocycles. The number of halogens is 1. The third kappa shape index (κ3) is 3.77. The first kappa shape index (κ1) is 16.7. The summed E-state index contributed by atoms with van der Waals surface area (Å²) in [4.78, 5) is 12.6. The number of benzene rings is 1. The first-order chi connectivity index (χ1) is 12.2. The zero-order valence-corrected chi connectivity index (χ0v) is 15.5. The summed E-state index contributed by atoms with van der Waals surface area (Å²) in [5, 5.41) is 11.4. The van der Waals surface area contributed by atoms with Gasteiger partial charge in [-0.25, -0.2) is 4.68 Å². The largest absolute Gasteiger partial charge is 0.378 e. The maximum Gasteiger partial charge on any atom is 0.273 e. The van der Waals surface area contributed by atoms with Crippen LogP contribution in [0.3, 0.4) is 0 Å². The molecule has 1 unspecified atom stereocenters. The molecule has 0 spiro atoms. The standard InChI is InChI=1S/C18H21BrN4O2/c19-13-5-7-14(8-6-13)23-17(12-3-4-12)16(21-22-23)18(24)20-10-9-15-2-1-11-25-15/h5-8,12,15H,1-4,9-11H2,(H,20,24). The molecule has 1 aliphatic carbocycles. The van der Waals surface area contributed by atoms with Gasteiger partial charge in [-0.1, -0.05) is 21.1 Å². The van der Waals surface area contributed by atoms with Crippen LogP contribution in [0.1, 0.15) is 54.2 Å². The summed E-state index contributed by atoms with van der Waals surface area (Å²) in [7, 11) is 0. The van der Waals surface area contributed by atoms with Crippen LogP contribution < -0.4 is 5.32 Å². The minimum Gasteiger partial charge on any atom is -0.378 e. The zero-order valence-electron chi connectivity index (χ0n) is 13.9. The first-order valence-electron chi connectivity index (χ1n) is 8.83. The van der Waals surface area contributed by atoms with Crippen molar-refractivity contribution in [2.75, 3.05) is 13.2 Å². The van der Waals surface area contributed by atoms with E-state index in [2.05, 4.69) is 31.6 Å². The lowest BCUT2D eigenvalue weighted by Crippen LogP contribution is -2.28. The fraction of sp³-hybridized carbons (Fsp3) is 0.500. The van der Waals surface area contributed by atoms with Crippen molar-refractivity contribution in [1.82, 2.24) is 20.3 Å². The molecule has 2 fully saturated rings. The molecule has 132 valence electrons. The van der Waals surface area contributed by atoms with Crippen LogP contribution in [0.2, 0.25) is 0 Å². The summed E-state index contributed by atoms with van der Waals surface area (Å²) in [6, 6.07) is 7.89. The smallest absolute Gasteiger partial charge is 0.273 e. The number of nitrogens with one attached hydrogen (secondary N) is 1. The Hall–Kier alpha value is -1.73. The van der Waals surface area contributed by atoms with Crippen molar-refractivity contribution in [3.8, 4) is 5.69 Å². The number of rotatable bonds is 6. The number of nitrogens with zero attached hydrogens (tertiary/aromatic N) is 3. The Bertz CT molecular complexity index is 749. The summed E-state index contributed by atoms with van der Waals surface area (Å²) < 4.78 is 8.41. The predicted molar refractivity (Wildman–Crippen MR) is 97.0 cm³/mol. The number of hydrogen-bond donors (Lipinski definition) is 1. The average molecular weight is 405 g/mol. The van der Waals surface area contributed by atoms with E-state index in [1.165, 1.54) is 0 Å². The van der Waals surface area contributed by atoms with Crippen molar-refractivity contribution in [1.29, 1.82) is 0 Å². The molecule has 1 atom stereocenters. The Morgan fingerprint density at radius 1 is 1.28 bits per heavy atom. The molecular weight excluding hydrogens is 384 g/mol. The van der Waals surface area contributed by atoms with Gasteiger partial charge in [-0.3, -0.25) is 4.79 Å². The van der Waals surface area contributed by atoms with Crippen molar-refractivity contribution in [2.45, 2.75) is 44.1 Å². The Morgan fingerprint density at radius 2 is 2.08 bits per heavy atom. The molecule has 4 rings (SSSR count). The van der Waals surface area contributed by atoms with Crippen molar-refractivity contribution in [3.05, 3.63) is 40.1 Å². The maximum atomic E-state index is 12.6. The first-order valence-corrected chi connectivity index (χ1v) is 9.63. The lowest BCUT2D eigenvalue weighted by Gasteiger charge is -2.10. The van der Waals surface area contributed by atoms with E-state index < -0.39 is 0 Å². The molecule has 2 heterocycles. The van der Waals surface area contributed by atoms with E-state index in [1.54, 1.807) is 4.68 Å². The monoisotopic (exact) mass is 404 g/mol. The molecule has 1 amide bonds. The highest BCUT2D eigenvalue weighted by atomic mass is 79.9. The van der Waals surface area contributed by atoms with Gasteiger partial charge in [0.2, 0.25) is 0 Å². The maximum absolute atomic E-state index is 12.6. The molecule has 7 heteroatoms. The number of hydrogen-bond acceptors (Lipinski definition) is 4. The highest BCUT2D eigenvalue weighted by Crippen LogP contribution is 2.42. The minimum absolute atomic E-state index is 0.136. The Kier molecular flexibility index (Phi) is 4.85. The second-order valence-electron chi connectivity index (χ2n) is 6.67. The molecule has 1 aromatic carbocycles. The highest BCUT2D eigenvalue weighted by molar-refractivity contribution is 9.10. The Morgan fingerprint density at radius 3 is 2.76 bits per heavy atom. The molecule has 1 aromatic heterocycles. The van der Waals surface area contributed by atoms with Crippen LogP contribution in [0, 0.1) is 0 Å². The molecule has 2 aromatic rings. The molecule has 0 bridgehead atoms. The molecule has 0 radical (unpaired) electrons. The Labute approximate surface area is 155 Å². The SMILES string of the molecule is O=C(NCCC1CCCO1)c1nnn(-c2ccc(Br)cc2)c1C1CC1. The van der Waals surface area contributed by atoms with Crippen molar-refractivity contribution in [3.63, 3.8) is 0 Å². The number of carbonyl (C=O) groups is 1. The molecule has 1 N–H and O–H groups in total. The molecule has 2 aliphatic rings. The van der Waals surface area contributed by atoms with Gasteiger partial charge in [0.05, 0.1) is 17.5 Å². The third-order valence-corrected chi connectivity index (χ3v) is 5.26. The van der Waals surface area contributed by atoms with Crippen molar-refractivity contribution in [2.24, 2.45) is 0 Å². The van der Waals surface area contributed by atoms with Crippen LogP contribution in [0.5, 0.6) is 0 Å². The number of carbonyl (C=O) groups excluding carboxylic acids is 1. The highest BCUT2D eigenvalue weighted by Gasteiger charge is 2.34. The van der Waals surface area contributed by atoms with E-state index in [-0.39, 0.29) is 12.0 Å². The summed E-state index contributed by atoms with van der Waals surface area (Å²) >= 11 is 3.44. The normalized spacial score (nSPS) is 20.0. The minimum atomic E-state index is -0.136. The molecule has 6 nitrogen and oxygen atoms in total. The van der Waals surface area contributed by atoms with Crippen LogP contribution in [-0.4, -0.2) is 40.2 Å². The van der Waals surface area contributed by atoms with Crippen LogP contribution >= 0.6 is 15.9 Å². The Balaban J connectivity index is 1.49. The zero-order chi connectivity index (χ0) is 17.2. The topological polar surface area (TPSA) is 69.0 Å². The van der Waals surface area contributed by atoms with Crippen LogP contribution in [0.4, 0.5) is 0 Å². The molecule has 1 aliphatic heterocycles. The fourth-order valence-electron chi connectivity index (χ4n) is 3.25. The van der Waals surface area contributed by atoms with E-state index in [9.17, 15) is 4.79 Å². The predicted octanol–water partition coefficient (Wildman–Crippen LogP) is 3.21. The molecule has 25 heavy (non-hydrogen) atoms. The summed E-state index contributed by atoms with van der Waals surface area (Å²) in [6.07, 6.45) is 5.50. The summed E-state index contributed by atoms with van der Waals surface area (Å²) in [5.74, 6) is 0.237. The van der Waals surface area contributed by atoms with Gasteiger partial charge in [0.15, 0.2) is 5.69 Å².